The lowest BCUT2D eigenvalue weighted by atomic mass is 10.0. The molecule has 1 amide bonds. The fourth-order valence-electron chi connectivity index (χ4n) is 3.88. The predicted octanol–water partition coefficient (Wildman–Crippen LogP) is 6.02. The van der Waals surface area contributed by atoms with Gasteiger partial charge in [0.05, 0.1) is 7.11 Å². The van der Waals surface area contributed by atoms with Gasteiger partial charge in [-0.1, -0.05) is 73.7 Å². The molecule has 0 unspecified atom stereocenters. The zero-order valence-corrected chi connectivity index (χ0v) is 19.2. The van der Waals surface area contributed by atoms with Crippen LogP contribution >= 0.6 is 0 Å². The molecule has 4 heteroatoms. The molecule has 0 aliphatic carbocycles. The van der Waals surface area contributed by atoms with Gasteiger partial charge >= 0.3 is 0 Å². The van der Waals surface area contributed by atoms with Gasteiger partial charge in [-0.05, 0) is 58.1 Å². The number of nitrogens with zero attached hydrogens (tertiary/aromatic N) is 1. The number of amides is 1. The van der Waals surface area contributed by atoms with Gasteiger partial charge in [-0.3, -0.25) is 4.79 Å². The second kappa shape index (κ2) is 10.7. The molecule has 0 atom stereocenters. The molecule has 0 spiro atoms. The molecule has 0 aliphatic rings. The van der Waals surface area contributed by atoms with E-state index in [0.717, 1.165) is 28.7 Å². The van der Waals surface area contributed by atoms with Gasteiger partial charge in [-0.25, -0.2) is 0 Å². The Bertz CT molecular complexity index is 1190. The van der Waals surface area contributed by atoms with Crippen LogP contribution in [0.2, 0.25) is 0 Å². The summed E-state index contributed by atoms with van der Waals surface area (Å²) >= 11 is 0. The Morgan fingerprint density at radius 3 is 2.15 bits per heavy atom. The molecule has 168 valence electrons. The second-order valence-electron chi connectivity index (χ2n) is 8.02. The number of rotatable bonds is 9. The molecule has 0 radical (unpaired) electrons. The summed E-state index contributed by atoms with van der Waals surface area (Å²) in [6.45, 7) is 3.10. The summed E-state index contributed by atoms with van der Waals surface area (Å²) in [6, 6.07) is 30.2. The fourth-order valence-corrected chi connectivity index (χ4v) is 3.88. The molecule has 4 rings (SSSR count). The number of carbonyl (C=O) groups excluding carboxylic acids is 1. The molecule has 0 N–H and O–H groups in total. The van der Waals surface area contributed by atoms with Gasteiger partial charge in [-0.2, -0.15) is 0 Å². The molecule has 0 aromatic heterocycles. The first kappa shape index (κ1) is 22.4. The highest BCUT2D eigenvalue weighted by molar-refractivity contribution is 5.86. The quantitative estimate of drug-likeness (QED) is 0.320. The van der Waals surface area contributed by atoms with Crippen molar-refractivity contribution in [2.24, 2.45) is 0 Å². The molecule has 0 saturated heterocycles. The normalized spacial score (nSPS) is 10.7. The maximum absolute atomic E-state index is 13.3. The van der Waals surface area contributed by atoms with Gasteiger partial charge in [0.15, 0.2) is 6.61 Å². The predicted molar refractivity (Wildman–Crippen MR) is 133 cm³/mol. The van der Waals surface area contributed by atoms with E-state index in [1.54, 1.807) is 7.11 Å². The summed E-state index contributed by atoms with van der Waals surface area (Å²) in [5.41, 5.74) is 3.39. The van der Waals surface area contributed by atoms with Crippen LogP contribution in [0.5, 0.6) is 11.5 Å². The van der Waals surface area contributed by atoms with Crippen molar-refractivity contribution in [2.75, 3.05) is 13.7 Å². The van der Waals surface area contributed by atoms with Gasteiger partial charge in [-0.15, -0.1) is 0 Å². The minimum absolute atomic E-state index is 0.00755. The second-order valence-corrected chi connectivity index (χ2v) is 8.02. The number of carbonyl (C=O) groups is 1. The molecular weight excluding hydrogens is 410 g/mol. The van der Waals surface area contributed by atoms with Crippen LogP contribution in [0.1, 0.15) is 23.6 Å². The standard InChI is InChI=1S/C29H29NO3/c1-3-22-11-17-27(18-12-22)33-21-29(31)30(19-23-13-15-26(32-2)16-14-23)20-25-9-6-8-24-7-4-5-10-28(24)25/h4-18H,3,19-21H2,1-2H3. The lowest BCUT2D eigenvalue weighted by Crippen LogP contribution is -2.34. The summed E-state index contributed by atoms with van der Waals surface area (Å²) in [4.78, 5) is 15.1. The van der Waals surface area contributed by atoms with E-state index in [0.29, 0.717) is 18.8 Å². The molecule has 4 aromatic rings. The SMILES string of the molecule is CCc1ccc(OCC(=O)N(Cc2ccc(OC)cc2)Cc2cccc3ccccc23)cc1. The van der Waals surface area contributed by atoms with Crippen molar-refractivity contribution in [3.8, 4) is 11.5 Å². The van der Waals surface area contributed by atoms with Crippen molar-refractivity contribution in [3.63, 3.8) is 0 Å². The number of methoxy groups -OCH3 is 1. The van der Waals surface area contributed by atoms with Crippen LogP contribution in [0.3, 0.4) is 0 Å². The van der Waals surface area contributed by atoms with Crippen molar-refractivity contribution >= 4 is 16.7 Å². The first-order valence-electron chi connectivity index (χ1n) is 11.3. The monoisotopic (exact) mass is 439 g/mol. The van der Waals surface area contributed by atoms with Crippen molar-refractivity contribution < 1.29 is 14.3 Å². The van der Waals surface area contributed by atoms with Gasteiger partial charge in [0, 0.05) is 13.1 Å². The first-order valence-corrected chi connectivity index (χ1v) is 11.3. The highest BCUT2D eigenvalue weighted by Gasteiger charge is 2.17. The van der Waals surface area contributed by atoms with Crippen LogP contribution in [0, 0.1) is 0 Å². The van der Waals surface area contributed by atoms with E-state index in [9.17, 15) is 4.79 Å². The van der Waals surface area contributed by atoms with E-state index in [1.165, 1.54) is 10.9 Å². The maximum Gasteiger partial charge on any atom is 0.261 e. The lowest BCUT2D eigenvalue weighted by molar-refractivity contribution is -0.134. The Labute approximate surface area is 195 Å². The third-order valence-corrected chi connectivity index (χ3v) is 5.82. The average molecular weight is 440 g/mol. The number of aryl methyl sites for hydroxylation is 1. The van der Waals surface area contributed by atoms with Gasteiger partial charge in [0.2, 0.25) is 0 Å². The van der Waals surface area contributed by atoms with E-state index in [1.807, 2.05) is 71.6 Å². The number of benzene rings is 4. The number of fused-ring (bicyclic) bond motifs is 1. The summed E-state index contributed by atoms with van der Waals surface area (Å²) in [5.74, 6) is 1.44. The minimum Gasteiger partial charge on any atom is -0.497 e. The zero-order chi connectivity index (χ0) is 23.0. The maximum atomic E-state index is 13.3. The van der Waals surface area contributed by atoms with Crippen LogP contribution in [0.25, 0.3) is 10.8 Å². The number of ether oxygens (including phenoxy) is 2. The van der Waals surface area contributed by atoms with Gasteiger partial charge < -0.3 is 14.4 Å². The molecule has 4 aromatic carbocycles. The van der Waals surface area contributed by atoms with E-state index < -0.39 is 0 Å². The van der Waals surface area contributed by atoms with Gasteiger partial charge in [0.25, 0.3) is 5.91 Å². The zero-order valence-electron chi connectivity index (χ0n) is 19.2. The van der Waals surface area contributed by atoms with E-state index in [4.69, 9.17) is 9.47 Å². The molecular formula is C29H29NO3. The summed E-state index contributed by atoms with van der Waals surface area (Å²) in [5, 5.41) is 2.32. The third-order valence-electron chi connectivity index (χ3n) is 5.82. The Morgan fingerprint density at radius 1 is 0.758 bits per heavy atom. The van der Waals surface area contributed by atoms with E-state index in [2.05, 4.69) is 31.2 Å². The molecule has 4 nitrogen and oxygen atoms in total. The Hall–Kier alpha value is -3.79. The van der Waals surface area contributed by atoms with Gasteiger partial charge in [0.1, 0.15) is 11.5 Å². The summed E-state index contributed by atoms with van der Waals surface area (Å²) in [7, 11) is 1.65. The van der Waals surface area contributed by atoms with Crippen LogP contribution in [0.4, 0.5) is 0 Å². The average Bonchev–Trinajstić information content (AvgIpc) is 2.87. The minimum atomic E-state index is -0.0571. The molecule has 0 heterocycles. The summed E-state index contributed by atoms with van der Waals surface area (Å²) in [6.07, 6.45) is 0.972. The van der Waals surface area contributed by atoms with Crippen molar-refractivity contribution in [3.05, 3.63) is 108 Å². The summed E-state index contributed by atoms with van der Waals surface area (Å²) < 4.78 is 11.1. The molecule has 0 fully saturated rings. The highest BCUT2D eigenvalue weighted by Crippen LogP contribution is 2.22. The van der Waals surface area contributed by atoms with Crippen LogP contribution < -0.4 is 9.47 Å². The molecule has 33 heavy (non-hydrogen) atoms. The van der Waals surface area contributed by atoms with Crippen molar-refractivity contribution in [2.45, 2.75) is 26.4 Å². The number of hydrogen-bond donors (Lipinski definition) is 0. The molecule has 0 bridgehead atoms. The third kappa shape index (κ3) is 5.72. The van der Waals surface area contributed by atoms with Crippen molar-refractivity contribution in [1.29, 1.82) is 0 Å². The Balaban J connectivity index is 1.54. The van der Waals surface area contributed by atoms with E-state index >= 15 is 0 Å². The lowest BCUT2D eigenvalue weighted by Gasteiger charge is -2.24. The molecule has 0 aliphatic heterocycles. The smallest absolute Gasteiger partial charge is 0.261 e. The van der Waals surface area contributed by atoms with Crippen molar-refractivity contribution in [1.82, 2.24) is 4.90 Å². The van der Waals surface area contributed by atoms with E-state index in [-0.39, 0.29) is 12.5 Å². The highest BCUT2D eigenvalue weighted by atomic mass is 16.5. The fraction of sp³-hybridized carbons (Fsp3) is 0.207. The first-order chi connectivity index (χ1) is 16.2. The Morgan fingerprint density at radius 2 is 1.42 bits per heavy atom. The molecule has 0 saturated carbocycles. The topological polar surface area (TPSA) is 38.8 Å². The van der Waals surface area contributed by atoms with Crippen LogP contribution in [-0.2, 0) is 24.3 Å². The number of hydrogen-bond acceptors (Lipinski definition) is 3. The van der Waals surface area contributed by atoms with Crippen LogP contribution in [0.15, 0.2) is 91.0 Å². The van der Waals surface area contributed by atoms with Crippen LogP contribution in [-0.4, -0.2) is 24.5 Å². The Kier molecular flexibility index (Phi) is 7.26. The largest absolute Gasteiger partial charge is 0.497 e.